The number of amides is 1. The highest BCUT2D eigenvalue weighted by atomic mass is 35.5. The van der Waals surface area contributed by atoms with E-state index in [-0.39, 0.29) is 17.6 Å². The van der Waals surface area contributed by atoms with Crippen molar-refractivity contribution in [2.75, 3.05) is 31.1 Å². The van der Waals surface area contributed by atoms with Crippen LogP contribution in [0.25, 0.3) is 11.3 Å². The van der Waals surface area contributed by atoms with Crippen LogP contribution in [-0.2, 0) is 4.79 Å². The fourth-order valence-electron chi connectivity index (χ4n) is 3.08. The Kier molecular flexibility index (Phi) is 5.13. The number of aldehydes is 1. The fourth-order valence-corrected chi connectivity index (χ4v) is 3.25. The van der Waals surface area contributed by atoms with Crippen molar-refractivity contribution in [2.45, 2.75) is 13.8 Å². The summed E-state index contributed by atoms with van der Waals surface area (Å²) in [4.78, 5) is 27.2. The lowest BCUT2D eigenvalue weighted by atomic mass is 10.1. The van der Waals surface area contributed by atoms with Crippen molar-refractivity contribution < 1.29 is 14.0 Å². The van der Waals surface area contributed by atoms with Crippen LogP contribution in [0.2, 0.25) is 5.02 Å². The van der Waals surface area contributed by atoms with Gasteiger partial charge < -0.3 is 14.2 Å². The molecular formula is C19H21ClN2O3. The van der Waals surface area contributed by atoms with Crippen LogP contribution in [0.5, 0.6) is 0 Å². The second-order valence-electron chi connectivity index (χ2n) is 6.45. The fraction of sp³-hybridized carbons (Fsp3) is 0.368. The zero-order chi connectivity index (χ0) is 18.0. The zero-order valence-corrected chi connectivity index (χ0v) is 15.1. The number of carbonyl (C=O) groups excluding carboxylic acids is 2. The van der Waals surface area contributed by atoms with Crippen LogP contribution in [-0.4, -0.2) is 43.3 Å². The Hall–Kier alpha value is -2.27. The van der Waals surface area contributed by atoms with E-state index in [0.717, 1.165) is 24.3 Å². The van der Waals surface area contributed by atoms with Gasteiger partial charge in [-0.1, -0.05) is 25.4 Å². The Bertz CT molecular complexity index is 777. The highest BCUT2D eigenvalue weighted by Crippen LogP contribution is 2.35. The summed E-state index contributed by atoms with van der Waals surface area (Å²) in [6, 6.07) is 9.07. The molecule has 0 bridgehead atoms. The Labute approximate surface area is 152 Å². The van der Waals surface area contributed by atoms with Gasteiger partial charge in [0.1, 0.15) is 5.76 Å². The Morgan fingerprint density at radius 1 is 1.16 bits per heavy atom. The summed E-state index contributed by atoms with van der Waals surface area (Å²) < 4.78 is 5.58. The van der Waals surface area contributed by atoms with Crippen molar-refractivity contribution in [1.29, 1.82) is 0 Å². The highest BCUT2D eigenvalue weighted by molar-refractivity contribution is 6.31. The van der Waals surface area contributed by atoms with E-state index in [1.165, 1.54) is 0 Å². The highest BCUT2D eigenvalue weighted by Gasteiger charge is 2.25. The van der Waals surface area contributed by atoms with E-state index in [0.29, 0.717) is 30.2 Å². The summed E-state index contributed by atoms with van der Waals surface area (Å²) in [6.45, 7) is 6.72. The molecule has 2 heterocycles. The zero-order valence-electron chi connectivity index (χ0n) is 14.4. The Balaban J connectivity index is 1.84. The lowest BCUT2D eigenvalue weighted by molar-refractivity contribution is -0.134. The largest absolute Gasteiger partial charge is 0.453 e. The van der Waals surface area contributed by atoms with Gasteiger partial charge in [0.2, 0.25) is 5.91 Å². The number of nitrogens with zero attached hydrogens (tertiary/aromatic N) is 2. The minimum Gasteiger partial charge on any atom is -0.453 e. The molecule has 132 valence electrons. The average molecular weight is 361 g/mol. The van der Waals surface area contributed by atoms with Crippen LogP contribution in [0.4, 0.5) is 5.69 Å². The van der Waals surface area contributed by atoms with Gasteiger partial charge in [-0.3, -0.25) is 9.59 Å². The van der Waals surface area contributed by atoms with Gasteiger partial charge in [-0.25, -0.2) is 0 Å². The molecule has 1 aromatic carbocycles. The van der Waals surface area contributed by atoms with Crippen LogP contribution in [0.3, 0.4) is 0 Å². The first kappa shape index (κ1) is 17.5. The van der Waals surface area contributed by atoms with Gasteiger partial charge in [0.05, 0.1) is 0 Å². The van der Waals surface area contributed by atoms with Crippen molar-refractivity contribution in [3.63, 3.8) is 0 Å². The summed E-state index contributed by atoms with van der Waals surface area (Å²) in [5.41, 5.74) is 1.84. The maximum absolute atomic E-state index is 12.2. The molecule has 0 N–H and O–H groups in total. The molecule has 5 nitrogen and oxygen atoms in total. The topological polar surface area (TPSA) is 53.8 Å². The third-order valence-electron chi connectivity index (χ3n) is 4.39. The van der Waals surface area contributed by atoms with Crippen molar-refractivity contribution in [3.05, 3.63) is 41.1 Å². The molecule has 0 atom stereocenters. The van der Waals surface area contributed by atoms with Crippen LogP contribution in [0.1, 0.15) is 24.4 Å². The smallest absolute Gasteiger partial charge is 0.225 e. The van der Waals surface area contributed by atoms with Gasteiger partial charge >= 0.3 is 0 Å². The predicted octanol–water partition coefficient (Wildman–Crippen LogP) is 3.72. The molecule has 0 spiro atoms. The van der Waals surface area contributed by atoms with Gasteiger partial charge in [0.15, 0.2) is 12.0 Å². The summed E-state index contributed by atoms with van der Waals surface area (Å²) >= 11 is 6.16. The molecule has 3 rings (SSSR count). The van der Waals surface area contributed by atoms with E-state index in [4.69, 9.17) is 16.0 Å². The van der Waals surface area contributed by atoms with Gasteiger partial charge in [-0.2, -0.15) is 0 Å². The van der Waals surface area contributed by atoms with Crippen LogP contribution in [0.15, 0.2) is 34.7 Å². The first-order valence-corrected chi connectivity index (χ1v) is 8.76. The number of furan rings is 1. The quantitative estimate of drug-likeness (QED) is 0.780. The Morgan fingerprint density at radius 2 is 1.88 bits per heavy atom. The molecule has 0 aliphatic carbocycles. The van der Waals surface area contributed by atoms with Crippen molar-refractivity contribution in [1.82, 2.24) is 4.90 Å². The molecular weight excluding hydrogens is 340 g/mol. The molecule has 1 aliphatic rings. The number of piperazine rings is 1. The monoisotopic (exact) mass is 360 g/mol. The number of anilines is 1. The molecule has 1 aromatic heterocycles. The minimum absolute atomic E-state index is 0.0162. The van der Waals surface area contributed by atoms with Crippen molar-refractivity contribution in [2.24, 2.45) is 5.92 Å². The van der Waals surface area contributed by atoms with Crippen LogP contribution < -0.4 is 4.90 Å². The van der Waals surface area contributed by atoms with Gasteiger partial charge in [0, 0.05) is 48.4 Å². The average Bonchev–Trinajstić information content (AvgIpc) is 3.10. The number of benzene rings is 1. The molecule has 1 fully saturated rings. The van der Waals surface area contributed by atoms with E-state index in [9.17, 15) is 9.59 Å². The maximum Gasteiger partial charge on any atom is 0.225 e. The summed E-state index contributed by atoms with van der Waals surface area (Å²) in [5.74, 6) is 1.11. The van der Waals surface area contributed by atoms with E-state index in [1.807, 2.05) is 36.9 Å². The van der Waals surface area contributed by atoms with Crippen molar-refractivity contribution >= 4 is 29.5 Å². The van der Waals surface area contributed by atoms with Crippen molar-refractivity contribution in [3.8, 4) is 11.3 Å². The van der Waals surface area contributed by atoms with E-state index in [2.05, 4.69) is 4.90 Å². The van der Waals surface area contributed by atoms with E-state index >= 15 is 0 Å². The molecule has 0 radical (unpaired) electrons. The molecule has 6 heteroatoms. The van der Waals surface area contributed by atoms with Gasteiger partial charge in [-0.05, 0) is 30.3 Å². The molecule has 0 unspecified atom stereocenters. The molecule has 1 saturated heterocycles. The SMILES string of the molecule is CC(C)C(=O)N1CCN(c2ccc(Cl)cc2-c2ccc(C=O)o2)CC1. The first-order valence-electron chi connectivity index (χ1n) is 8.38. The summed E-state index contributed by atoms with van der Waals surface area (Å²) in [5, 5.41) is 0.608. The molecule has 0 saturated carbocycles. The minimum atomic E-state index is 0.0162. The van der Waals surface area contributed by atoms with E-state index in [1.54, 1.807) is 12.1 Å². The molecule has 25 heavy (non-hydrogen) atoms. The van der Waals surface area contributed by atoms with Crippen LogP contribution >= 0.6 is 11.6 Å². The third-order valence-corrected chi connectivity index (χ3v) is 4.63. The molecule has 1 aliphatic heterocycles. The third kappa shape index (κ3) is 3.71. The van der Waals surface area contributed by atoms with Gasteiger partial charge in [-0.15, -0.1) is 0 Å². The number of carbonyl (C=O) groups is 2. The second kappa shape index (κ2) is 7.31. The standard InChI is InChI=1S/C19H21ClN2O3/c1-13(2)19(24)22-9-7-21(8-10-22)17-5-3-14(20)11-16(17)18-6-4-15(12-23)25-18/h3-6,11-13H,7-10H2,1-2H3. The van der Waals surface area contributed by atoms with E-state index < -0.39 is 0 Å². The predicted molar refractivity (Wildman–Crippen MR) is 98.2 cm³/mol. The maximum atomic E-state index is 12.2. The normalized spacial score (nSPS) is 14.9. The molecule has 1 amide bonds. The number of hydrogen-bond acceptors (Lipinski definition) is 4. The molecule has 2 aromatic rings. The summed E-state index contributed by atoms with van der Waals surface area (Å²) in [7, 11) is 0. The first-order chi connectivity index (χ1) is 12.0. The number of rotatable bonds is 4. The lowest BCUT2D eigenvalue weighted by Crippen LogP contribution is -2.50. The van der Waals surface area contributed by atoms with Crippen LogP contribution in [0, 0.1) is 5.92 Å². The Morgan fingerprint density at radius 3 is 2.48 bits per heavy atom. The second-order valence-corrected chi connectivity index (χ2v) is 6.88. The summed E-state index contributed by atoms with van der Waals surface area (Å²) in [6.07, 6.45) is 0.685. The lowest BCUT2D eigenvalue weighted by Gasteiger charge is -2.37. The number of hydrogen-bond donors (Lipinski definition) is 0. The van der Waals surface area contributed by atoms with Gasteiger partial charge in [0.25, 0.3) is 0 Å². The number of halogens is 1.